The molecular weight excluding hydrogens is 160 g/mol. The maximum atomic E-state index is 11.1. The molecule has 2 N–H and O–H groups in total. The van der Waals surface area contributed by atoms with E-state index in [1.165, 1.54) is 5.57 Å². The summed E-state index contributed by atoms with van der Waals surface area (Å²) in [7, 11) is 0. The Labute approximate surface area is 69.6 Å². The van der Waals surface area contributed by atoms with Gasteiger partial charge in [0.1, 0.15) is 11.4 Å². The fourth-order valence-corrected chi connectivity index (χ4v) is 2.48. The Balaban J connectivity index is 2.20. The molecule has 0 aromatic rings. The first-order valence-electron chi connectivity index (χ1n) is 3.57. The van der Waals surface area contributed by atoms with E-state index in [4.69, 9.17) is 5.73 Å². The molecule has 2 rings (SSSR count). The Morgan fingerprint density at radius 2 is 2.55 bits per heavy atom. The number of thioether (sulfide) groups is 1. The van der Waals surface area contributed by atoms with Gasteiger partial charge in [0.05, 0.1) is 0 Å². The highest BCUT2D eigenvalue weighted by molar-refractivity contribution is 8.00. The quantitative estimate of drug-likeness (QED) is 0.526. The number of carbonyl (C=O) groups excluding carboxylic acids is 1. The molecule has 2 heterocycles. The Hall–Kier alpha value is -0.480. The topological polar surface area (TPSA) is 46.3 Å². The zero-order valence-electron chi connectivity index (χ0n) is 6.28. The zero-order chi connectivity index (χ0) is 8.01. The van der Waals surface area contributed by atoms with Gasteiger partial charge in [0, 0.05) is 12.0 Å². The van der Waals surface area contributed by atoms with Gasteiger partial charge in [-0.25, -0.2) is 0 Å². The molecule has 2 atom stereocenters. The summed E-state index contributed by atoms with van der Waals surface area (Å²) in [6.07, 6.45) is 1.91. The summed E-state index contributed by atoms with van der Waals surface area (Å²) in [5.74, 6) is 1.06. The minimum Gasteiger partial charge on any atom is -0.317 e. The van der Waals surface area contributed by atoms with Crippen LogP contribution in [0.2, 0.25) is 0 Å². The van der Waals surface area contributed by atoms with Crippen molar-refractivity contribution in [2.75, 3.05) is 5.75 Å². The molecular formula is C7H10N2OS. The molecule has 0 bridgehead atoms. The molecule has 4 heteroatoms. The van der Waals surface area contributed by atoms with Crippen molar-refractivity contribution in [1.29, 1.82) is 0 Å². The fraction of sp³-hybridized carbons (Fsp3) is 0.571. The lowest BCUT2D eigenvalue weighted by atomic mass is 10.1. The Bertz CT molecular complexity index is 239. The van der Waals surface area contributed by atoms with Gasteiger partial charge in [-0.1, -0.05) is 0 Å². The van der Waals surface area contributed by atoms with Crippen LogP contribution in [0, 0.1) is 0 Å². The second-order valence-corrected chi connectivity index (χ2v) is 4.05. The lowest BCUT2D eigenvalue weighted by molar-refractivity contribution is -0.140. The maximum Gasteiger partial charge on any atom is 0.247 e. The molecule has 2 aliphatic heterocycles. The van der Waals surface area contributed by atoms with Crippen molar-refractivity contribution in [3.8, 4) is 0 Å². The second-order valence-electron chi connectivity index (χ2n) is 2.95. The zero-order valence-corrected chi connectivity index (χ0v) is 7.10. The average Bonchev–Trinajstić information content (AvgIpc) is 2.03. The number of hydrogen-bond acceptors (Lipinski definition) is 3. The smallest absolute Gasteiger partial charge is 0.247 e. The summed E-state index contributed by atoms with van der Waals surface area (Å²) < 4.78 is 0. The number of amides is 1. The SMILES string of the molecule is CC1=CN2C(=O)C(N)[C@@H]2SC1. The van der Waals surface area contributed by atoms with Gasteiger partial charge in [-0.05, 0) is 12.5 Å². The largest absolute Gasteiger partial charge is 0.317 e. The van der Waals surface area contributed by atoms with Gasteiger partial charge in [0.25, 0.3) is 0 Å². The lowest BCUT2D eigenvalue weighted by Gasteiger charge is -2.45. The summed E-state index contributed by atoms with van der Waals surface area (Å²) in [6, 6.07) is -0.260. The highest BCUT2D eigenvalue weighted by Crippen LogP contribution is 2.34. The molecule has 1 fully saturated rings. The normalized spacial score (nSPS) is 36.0. The molecule has 1 unspecified atom stereocenters. The predicted molar refractivity (Wildman–Crippen MR) is 44.8 cm³/mol. The average molecular weight is 170 g/mol. The molecule has 0 aliphatic carbocycles. The molecule has 0 saturated carbocycles. The second kappa shape index (κ2) is 2.25. The summed E-state index contributed by atoms with van der Waals surface area (Å²) >= 11 is 1.74. The van der Waals surface area contributed by atoms with Crippen molar-refractivity contribution in [2.24, 2.45) is 5.73 Å². The first kappa shape index (κ1) is 7.18. The Morgan fingerprint density at radius 1 is 1.82 bits per heavy atom. The van der Waals surface area contributed by atoms with Crippen LogP contribution in [0.15, 0.2) is 11.8 Å². The van der Waals surface area contributed by atoms with Crippen LogP contribution < -0.4 is 5.73 Å². The van der Waals surface area contributed by atoms with Gasteiger partial charge in [0.15, 0.2) is 0 Å². The van der Waals surface area contributed by atoms with Crippen LogP contribution in [-0.4, -0.2) is 28.0 Å². The maximum absolute atomic E-state index is 11.1. The minimum absolute atomic E-state index is 0.0570. The van der Waals surface area contributed by atoms with Crippen LogP contribution in [-0.2, 0) is 4.79 Å². The van der Waals surface area contributed by atoms with Crippen molar-refractivity contribution in [1.82, 2.24) is 4.90 Å². The third-order valence-corrected chi connectivity index (χ3v) is 3.45. The van der Waals surface area contributed by atoms with E-state index in [0.717, 1.165) is 5.75 Å². The number of hydrogen-bond donors (Lipinski definition) is 1. The van der Waals surface area contributed by atoms with E-state index in [9.17, 15) is 4.79 Å². The Kier molecular flexibility index (Phi) is 1.47. The van der Waals surface area contributed by atoms with E-state index in [2.05, 4.69) is 0 Å². The highest BCUT2D eigenvalue weighted by atomic mass is 32.2. The van der Waals surface area contributed by atoms with Gasteiger partial charge in [-0.15, -0.1) is 11.8 Å². The van der Waals surface area contributed by atoms with Crippen LogP contribution in [0.3, 0.4) is 0 Å². The van der Waals surface area contributed by atoms with E-state index in [0.29, 0.717) is 0 Å². The minimum atomic E-state index is -0.260. The predicted octanol–water partition coefficient (Wildman–Crippen LogP) is 0.133. The van der Waals surface area contributed by atoms with Crippen molar-refractivity contribution in [2.45, 2.75) is 18.3 Å². The third kappa shape index (κ3) is 0.895. The molecule has 0 aromatic carbocycles. The van der Waals surface area contributed by atoms with E-state index < -0.39 is 0 Å². The van der Waals surface area contributed by atoms with E-state index in [1.807, 2.05) is 13.1 Å². The summed E-state index contributed by atoms with van der Waals surface area (Å²) in [6.45, 7) is 2.03. The molecule has 60 valence electrons. The molecule has 0 radical (unpaired) electrons. The van der Waals surface area contributed by atoms with Crippen LogP contribution in [0.4, 0.5) is 0 Å². The van der Waals surface area contributed by atoms with Gasteiger partial charge < -0.3 is 10.6 Å². The number of carbonyl (C=O) groups is 1. The third-order valence-electron chi connectivity index (χ3n) is 1.96. The standard InChI is InChI=1S/C7H10N2OS/c1-4-2-9-6(10)5(8)7(9)11-3-4/h2,5,7H,3,8H2,1H3/t5?,7-/m0/s1. The number of nitrogens with two attached hydrogens (primary N) is 1. The summed E-state index contributed by atoms with van der Waals surface area (Å²) in [5, 5.41) is 0.214. The Morgan fingerprint density at radius 3 is 3.27 bits per heavy atom. The van der Waals surface area contributed by atoms with Gasteiger partial charge in [-0.2, -0.15) is 0 Å². The number of rotatable bonds is 0. The van der Waals surface area contributed by atoms with E-state index in [-0.39, 0.29) is 17.3 Å². The summed E-state index contributed by atoms with van der Waals surface area (Å²) in [5.41, 5.74) is 6.82. The van der Waals surface area contributed by atoms with Gasteiger partial charge >= 0.3 is 0 Å². The van der Waals surface area contributed by atoms with Crippen LogP contribution in [0.1, 0.15) is 6.92 Å². The van der Waals surface area contributed by atoms with Gasteiger partial charge in [-0.3, -0.25) is 4.79 Å². The molecule has 0 aromatic heterocycles. The van der Waals surface area contributed by atoms with E-state index in [1.54, 1.807) is 16.7 Å². The van der Waals surface area contributed by atoms with Gasteiger partial charge in [0.2, 0.25) is 5.91 Å². The van der Waals surface area contributed by atoms with Crippen molar-refractivity contribution in [3.63, 3.8) is 0 Å². The van der Waals surface area contributed by atoms with E-state index >= 15 is 0 Å². The number of fused-ring (bicyclic) bond motifs is 1. The first-order chi connectivity index (χ1) is 5.20. The molecule has 1 amide bonds. The van der Waals surface area contributed by atoms with Crippen LogP contribution in [0.5, 0.6) is 0 Å². The van der Waals surface area contributed by atoms with Crippen molar-refractivity contribution >= 4 is 17.7 Å². The van der Waals surface area contributed by atoms with Crippen molar-refractivity contribution < 1.29 is 4.79 Å². The lowest BCUT2D eigenvalue weighted by Crippen LogP contribution is -2.65. The monoisotopic (exact) mass is 170 g/mol. The van der Waals surface area contributed by atoms with Crippen LogP contribution >= 0.6 is 11.8 Å². The summed E-state index contributed by atoms with van der Waals surface area (Å²) in [4.78, 5) is 12.8. The molecule has 0 spiro atoms. The molecule has 2 aliphatic rings. The number of β-lactam (4-membered cyclic amide) rings is 1. The molecule has 3 nitrogen and oxygen atoms in total. The molecule has 1 saturated heterocycles. The first-order valence-corrected chi connectivity index (χ1v) is 4.61. The van der Waals surface area contributed by atoms with Crippen molar-refractivity contribution in [3.05, 3.63) is 11.8 Å². The molecule has 11 heavy (non-hydrogen) atoms. The number of nitrogens with zero attached hydrogens (tertiary/aromatic N) is 1. The highest BCUT2D eigenvalue weighted by Gasteiger charge is 2.45. The fourth-order valence-electron chi connectivity index (χ4n) is 1.32. The van der Waals surface area contributed by atoms with Crippen LogP contribution in [0.25, 0.3) is 0 Å².